The maximum atomic E-state index is 13.5. The fourth-order valence-electron chi connectivity index (χ4n) is 5.20. The number of carbonyl (C=O) groups excluding carboxylic acids is 6. The topological polar surface area (TPSA) is 236 Å². The molecule has 3 saturated heterocycles. The van der Waals surface area contributed by atoms with Gasteiger partial charge in [0.05, 0.1) is 0 Å². The van der Waals surface area contributed by atoms with Crippen LogP contribution in [0.5, 0.6) is 0 Å². The second-order valence-electron chi connectivity index (χ2n) is 10.2. The van der Waals surface area contributed by atoms with Gasteiger partial charge in [-0.15, -0.1) is 11.8 Å². The highest BCUT2D eigenvalue weighted by atomic mass is 32.2. The number of ketones is 1. The average Bonchev–Trinajstić information content (AvgIpc) is 3.73. The Morgan fingerprint density at radius 2 is 2.02 bits per heavy atom. The van der Waals surface area contributed by atoms with E-state index >= 15 is 0 Å². The molecule has 17 nitrogen and oxygen atoms in total. The van der Waals surface area contributed by atoms with Crippen LogP contribution in [0.3, 0.4) is 0 Å². The van der Waals surface area contributed by atoms with Crippen molar-refractivity contribution in [2.24, 2.45) is 5.16 Å². The van der Waals surface area contributed by atoms with Crippen LogP contribution in [0.25, 0.3) is 0 Å². The Morgan fingerprint density at radius 3 is 2.64 bits per heavy atom. The van der Waals surface area contributed by atoms with E-state index in [4.69, 9.17) is 15.2 Å². The first-order chi connectivity index (χ1) is 21.0. The fraction of sp³-hybridized carbons (Fsp3) is 0.480. The number of hydrogen-bond acceptors (Lipinski definition) is 16. The molecule has 4 aliphatic rings. The number of allylic oxidation sites excluding steroid dienone is 1. The van der Waals surface area contributed by atoms with Crippen molar-refractivity contribution in [2.45, 2.75) is 50.4 Å². The van der Waals surface area contributed by atoms with Crippen molar-refractivity contribution in [1.29, 1.82) is 0 Å². The zero-order valence-corrected chi connectivity index (χ0v) is 25.1. The first-order valence-electron chi connectivity index (χ1n) is 13.4. The molecule has 0 spiro atoms. The number of thioether (sulfide) groups is 1. The average molecular weight is 649 g/mol. The highest BCUT2D eigenvalue weighted by molar-refractivity contribution is 8.00. The molecular formula is C25H28N8O9S2. The van der Waals surface area contributed by atoms with Crippen molar-refractivity contribution in [2.75, 3.05) is 31.1 Å². The van der Waals surface area contributed by atoms with Crippen LogP contribution in [-0.2, 0) is 38.2 Å². The minimum atomic E-state index is -1.86. The van der Waals surface area contributed by atoms with Crippen LogP contribution in [0.4, 0.5) is 5.13 Å². The predicted octanol–water partition coefficient (Wildman–Crippen LogP) is -1.51. The molecule has 5 rings (SSSR count). The summed E-state index contributed by atoms with van der Waals surface area (Å²) in [7, 11) is 0. The number of aromatic nitrogens is 2. The van der Waals surface area contributed by atoms with E-state index in [2.05, 4.69) is 25.1 Å². The van der Waals surface area contributed by atoms with Crippen molar-refractivity contribution in [1.82, 2.24) is 29.8 Å². The fourth-order valence-corrected chi connectivity index (χ4v) is 6.94. The van der Waals surface area contributed by atoms with E-state index in [1.54, 1.807) is 11.0 Å². The van der Waals surface area contributed by atoms with Gasteiger partial charge in [0, 0.05) is 55.8 Å². The summed E-state index contributed by atoms with van der Waals surface area (Å²) in [4.78, 5) is 83.3. The summed E-state index contributed by atoms with van der Waals surface area (Å²) in [6, 6.07) is -1.10. The third-order valence-electron chi connectivity index (χ3n) is 7.25. The number of nitrogens with two attached hydrogens (primary N) is 1. The molecule has 1 aromatic rings. The Labute approximate surface area is 258 Å². The van der Waals surface area contributed by atoms with Crippen LogP contribution in [0.2, 0.25) is 0 Å². The van der Waals surface area contributed by atoms with Gasteiger partial charge in [-0.05, 0) is 31.0 Å². The van der Waals surface area contributed by atoms with Crippen LogP contribution in [-0.4, -0.2) is 115 Å². The van der Waals surface area contributed by atoms with Gasteiger partial charge in [0.15, 0.2) is 5.13 Å². The molecule has 19 heteroatoms. The second-order valence-corrected chi connectivity index (χ2v) is 12.1. The number of anilines is 1. The molecule has 0 radical (unpaired) electrons. The maximum Gasteiger partial charge on any atom is 0.358 e. The Bertz CT molecular complexity index is 1520. The zero-order valence-electron chi connectivity index (χ0n) is 23.5. The third kappa shape index (κ3) is 6.02. The number of ether oxygens (including phenoxy) is 2. The summed E-state index contributed by atoms with van der Waals surface area (Å²) >= 11 is 1.98. The summed E-state index contributed by atoms with van der Waals surface area (Å²) in [6.07, 6.45) is 0.932. The Morgan fingerprint density at radius 1 is 1.25 bits per heavy atom. The smallest absolute Gasteiger partial charge is 0.358 e. The maximum absolute atomic E-state index is 13.5. The third-order valence-corrected chi connectivity index (χ3v) is 9.09. The van der Waals surface area contributed by atoms with Crippen molar-refractivity contribution in [3.8, 4) is 0 Å². The lowest BCUT2D eigenvalue weighted by molar-refractivity contribution is -0.189. The molecule has 1 aromatic heterocycles. The highest BCUT2D eigenvalue weighted by Gasteiger charge is 2.55. The quantitative estimate of drug-likeness (QED) is 0.0454. The minimum absolute atomic E-state index is 0.0269. The van der Waals surface area contributed by atoms with Gasteiger partial charge in [-0.25, -0.2) is 4.79 Å². The molecule has 5 N–H and O–H groups in total. The highest BCUT2D eigenvalue weighted by Crippen LogP contribution is 2.42. The molecule has 3 amide bonds. The Balaban J connectivity index is 1.42. The minimum Gasteiger partial charge on any atom is -0.418 e. The summed E-state index contributed by atoms with van der Waals surface area (Å²) in [6.45, 7) is 4.09. The molecule has 0 aromatic carbocycles. The van der Waals surface area contributed by atoms with E-state index < -0.39 is 53.0 Å². The SMILES string of the molecule is CC(=O)OC(OC(=O)C1=C(/C=C2\CCN([C@@H]3CCNC3)C2=O)CS[C@@H]2[C@H](NC(=O)/C(=N\O)c3nsc(N)n3)C(=O)N12)C(C)=O. The largest absolute Gasteiger partial charge is 0.418 e. The molecule has 3 fully saturated rings. The lowest BCUT2D eigenvalue weighted by Crippen LogP contribution is -2.71. The van der Waals surface area contributed by atoms with Gasteiger partial charge in [0.1, 0.15) is 17.1 Å². The lowest BCUT2D eigenvalue weighted by atomic mass is 10.0. The van der Waals surface area contributed by atoms with Crippen molar-refractivity contribution in [3.05, 3.63) is 28.7 Å². The number of nitrogens with zero attached hydrogens (tertiary/aromatic N) is 5. The van der Waals surface area contributed by atoms with Gasteiger partial charge < -0.3 is 35.9 Å². The number of β-lactam (4-membered cyclic amide) rings is 1. The number of nitrogens with one attached hydrogen (secondary N) is 2. The van der Waals surface area contributed by atoms with E-state index in [1.165, 1.54) is 11.8 Å². The van der Waals surface area contributed by atoms with Crippen LogP contribution in [0.1, 0.15) is 32.5 Å². The van der Waals surface area contributed by atoms with Crippen LogP contribution < -0.4 is 16.4 Å². The van der Waals surface area contributed by atoms with E-state index in [0.717, 1.165) is 43.2 Å². The van der Waals surface area contributed by atoms with Gasteiger partial charge in [0.2, 0.25) is 23.2 Å². The van der Waals surface area contributed by atoms with Gasteiger partial charge in [-0.2, -0.15) is 9.36 Å². The number of fused-ring (bicyclic) bond motifs is 1. The standard InChI is InChI=1S/C25H28N8O9S2/c1-10(34)24(41-11(2)35)42-23(39)17-13(7-12-4-6-32(20(12)37)14-3-5-27-8-14)9-43-22-16(21(38)33(17)22)28-19(36)15(30-40)18-29-25(26)44-31-18/h7,14,16,22,24,27,40H,3-6,8-9H2,1-2H3,(H,28,36)(H2,26,29,31)/b12-7+,30-15-/t14-,16-,22-,24?/m1/s1. The second kappa shape index (κ2) is 12.7. The molecule has 5 heterocycles. The number of rotatable bonds is 9. The lowest BCUT2D eigenvalue weighted by Gasteiger charge is -2.49. The summed E-state index contributed by atoms with van der Waals surface area (Å²) < 4.78 is 13.9. The first kappa shape index (κ1) is 31.1. The molecule has 0 saturated carbocycles. The van der Waals surface area contributed by atoms with E-state index in [0.29, 0.717) is 25.1 Å². The van der Waals surface area contributed by atoms with Gasteiger partial charge in [0.25, 0.3) is 11.8 Å². The monoisotopic (exact) mass is 648 g/mol. The Hall–Kier alpha value is -4.36. The molecule has 0 bridgehead atoms. The number of hydrogen-bond donors (Lipinski definition) is 4. The number of oxime groups is 1. The van der Waals surface area contributed by atoms with Gasteiger partial charge >= 0.3 is 18.2 Å². The molecule has 4 atom stereocenters. The molecule has 44 heavy (non-hydrogen) atoms. The summed E-state index contributed by atoms with van der Waals surface area (Å²) in [5, 5.41) is 17.2. The van der Waals surface area contributed by atoms with Gasteiger partial charge in [-0.1, -0.05) is 5.16 Å². The van der Waals surface area contributed by atoms with Crippen LogP contribution in [0, 0.1) is 0 Å². The number of likely N-dealkylation sites (tertiary alicyclic amines) is 1. The van der Waals surface area contributed by atoms with E-state index in [1.807, 2.05) is 0 Å². The van der Waals surface area contributed by atoms with Crippen LogP contribution in [0.15, 0.2) is 28.1 Å². The van der Waals surface area contributed by atoms with Crippen molar-refractivity contribution >= 4 is 69.6 Å². The van der Waals surface area contributed by atoms with Crippen molar-refractivity contribution in [3.63, 3.8) is 0 Å². The summed E-state index contributed by atoms with van der Waals surface area (Å²) in [5.74, 6) is -4.76. The van der Waals surface area contributed by atoms with E-state index in [9.17, 15) is 34.0 Å². The number of carbonyl (C=O) groups is 6. The number of esters is 2. The molecular weight excluding hydrogens is 620 g/mol. The van der Waals surface area contributed by atoms with E-state index in [-0.39, 0.29) is 39.9 Å². The van der Waals surface area contributed by atoms with Crippen LogP contribution >= 0.6 is 23.3 Å². The van der Waals surface area contributed by atoms with Crippen molar-refractivity contribution < 1.29 is 43.4 Å². The number of amides is 3. The normalized spacial score (nSPS) is 25.1. The summed E-state index contributed by atoms with van der Waals surface area (Å²) in [5.41, 5.74) is 5.45. The molecule has 4 aliphatic heterocycles. The molecule has 234 valence electrons. The van der Waals surface area contributed by atoms with Gasteiger partial charge in [-0.3, -0.25) is 28.9 Å². The number of nitrogen functional groups attached to an aromatic ring is 1. The molecule has 1 unspecified atom stereocenters. The predicted molar refractivity (Wildman–Crippen MR) is 153 cm³/mol. The number of Topliss-reactive ketones (excluding diaryl/α,β-unsaturated/α-hetero) is 1. The molecule has 0 aliphatic carbocycles. The first-order valence-corrected chi connectivity index (χ1v) is 15.2. The zero-order chi connectivity index (χ0) is 31.7. The Kier molecular flexibility index (Phi) is 8.97.